The van der Waals surface area contributed by atoms with Gasteiger partial charge < -0.3 is 10.6 Å². The maximum Gasteiger partial charge on any atom is 0.265 e. The lowest BCUT2D eigenvalue weighted by Gasteiger charge is -2.15. The lowest BCUT2D eigenvalue weighted by molar-refractivity contribution is 0.0791. The molecular formula is C14H17N3OS2. The molecule has 106 valence electrons. The lowest BCUT2D eigenvalue weighted by atomic mass is 10.1. The minimum Gasteiger partial charge on any atom is -0.338 e. The van der Waals surface area contributed by atoms with Crippen LogP contribution in [0.5, 0.6) is 0 Å². The number of nitrogens with zero attached hydrogens (tertiary/aromatic N) is 2. The number of carbonyl (C=O) groups is 1. The van der Waals surface area contributed by atoms with Crippen molar-refractivity contribution < 1.29 is 4.79 Å². The number of hydrogen-bond donors (Lipinski definition) is 1. The fraction of sp³-hybridized carbons (Fsp3) is 0.429. The van der Waals surface area contributed by atoms with Crippen LogP contribution >= 0.6 is 22.7 Å². The summed E-state index contributed by atoms with van der Waals surface area (Å²) in [6.07, 6.45) is 1.01. The van der Waals surface area contributed by atoms with Crippen molar-refractivity contribution in [3.05, 3.63) is 28.1 Å². The first-order valence-electron chi connectivity index (χ1n) is 6.69. The molecular weight excluding hydrogens is 290 g/mol. The van der Waals surface area contributed by atoms with Crippen molar-refractivity contribution in [3.63, 3.8) is 0 Å². The molecule has 1 fully saturated rings. The largest absolute Gasteiger partial charge is 0.338 e. The van der Waals surface area contributed by atoms with Crippen molar-refractivity contribution in [1.82, 2.24) is 9.88 Å². The highest BCUT2D eigenvalue weighted by Crippen LogP contribution is 2.32. The molecule has 3 heterocycles. The summed E-state index contributed by atoms with van der Waals surface area (Å²) in [5.41, 5.74) is 6.52. The molecule has 0 aromatic carbocycles. The van der Waals surface area contributed by atoms with Crippen LogP contribution in [0.1, 0.15) is 21.8 Å². The van der Waals surface area contributed by atoms with Gasteiger partial charge in [0.05, 0.1) is 10.6 Å². The van der Waals surface area contributed by atoms with E-state index in [-0.39, 0.29) is 5.91 Å². The Bertz CT molecular complexity index is 606. The number of rotatable bonds is 3. The van der Waals surface area contributed by atoms with Crippen molar-refractivity contribution >= 4 is 28.6 Å². The van der Waals surface area contributed by atoms with Crippen LogP contribution in [0.4, 0.5) is 0 Å². The highest BCUT2D eigenvalue weighted by Gasteiger charge is 2.28. The summed E-state index contributed by atoms with van der Waals surface area (Å²) in [6.45, 7) is 4.16. The summed E-state index contributed by atoms with van der Waals surface area (Å²) >= 11 is 3.15. The quantitative estimate of drug-likeness (QED) is 0.948. The van der Waals surface area contributed by atoms with Crippen molar-refractivity contribution in [2.45, 2.75) is 13.3 Å². The number of likely N-dealkylation sites (tertiary alicyclic amines) is 1. The zero-order valence-corrected chi connectivity index (χ0v) is 13.0. The van der Waals surface area contributed by atoms with Gasteiger partial charge in [-0.15, -0.1) is 22.7 Å². The zero-order valence-electron chi connectivity index (χ0n) is 11.3. The van der Waals surface area contributed by atoms with E-state index in [0.717, 1.165) is 40.0 Å². The molecule has 1 aliphatic rings. The Morgan fingerprint density at radius 3 is 3.10 bits per heavy atom. The van der Waals surface area contributed by atoms with Gasteiger partial charge in [-0.05, 0) is 37.3 Å². The molecule has 2 aromatic rings. The molecule has 1 saturated heterocycles. The Morgan fingerprint density at radius 2 is 2.45 bits per heavy atom. The summed E-state index contributed by atoms with van der Waals surface area (Å²) in [5, 5.41) is 2.97. The average molecular weight is 307 g/mol. The topological polar surface area (TPSA) is 59.2 Å². The number of carbonyl (C=O) groups excluding carboxylic acids is 1. The van der Waals surface area contributed by atoms with Crippen LogP contribution in [-0.2, 0) is 0 Å². The molecule has 2 N–H and O–H groups in total. The van der Waals surface area contributed by atoms with E-state index in [2.05, 4.69) is 4.98 Å². The molecule has 20 heavy (non-hydrogen) atoms. The van der Waals surface area contributed by atoms with Gasteiger partial charge in [-0.3, -0.25) is 4.79 Å². The van der Waals surface area contributed by atoms with Gasteiger partial charge in [0.2, 0.25) is 0 Å². The average Bonchev–Trinajstić information content (AvgIpc) is 3.18. The molecule has 0 bridgehead atoms. The Kier molecular flexibility index (Phi) is 3.87. The Balaban J connectivity index is 1.82. The molecule has 1 aliphatic heterocycles. The van der Waals surface area contributed by atoms with Crippen LogP contribution in [-0.4, -0.2) is 35.4 Å². The predicted molar refractivity (Wildman–Crippen MR) is 83.2 cm³/mol. The maximum absolute atomic E-state index is 12.6. The molecule has 0 saturated carbocycles. The second kappa shape index (κ2) is 5.63. The van der Waals surface area contributed by atoms with Gasteiger partial charge in [-0.25, -0.2) is 4.98 Å². The van der Waals surface area contributed by atoms with Gasteiger partial charge in [0, 0.05) is 13.1 Å². The number of hydrogen-bond acceptors (Lipinski definition) is 5. The summed E-state index contributed by atoms with van der Waals surface area (Å²) in [4.78, 5) is 20.9. The van der Waals surface area contributed by atoms with E-state index in [0.29, 0.717) is 12.5 Å². The summed E-state index contributed by atoms with van der Waals surface area (Å²) < 4.78 is 0. The minimum absolute atomic E-state index is 0.110. The fourth-order valence-electron chi connectivity index (χ4n) is 2.45. The minimum atomic E-state index is 0.110. The van der Waals surface area contributed by atoms with Crippen LogP contribution in [0.25, 0.3) is 9.88 Å². The summed E-state index contributed by atoms with van der Waals surface area (Å²) in [7, 11) is 0. The van der Waals surface area contributed by atoms with Crippen LogP contribution in [0.15, 0.2) is 17.5 Å². The monoisotopic (exact) mass is 307 g/mol. The van der Waals surface area contributed by atoms with Crippen LogP contribution < -0.4 is 5.73 Å². The van der Waals surface area contributed by atoms with Gasteiger partial charge >= 0.3 is 0 Å². The molecule has 6 heteroatoms. The van der Waals surface area contributed by atoms with Crippen LogP contribution in [0.2, 0.25) is 0 Å². The van der Waals surface area contributed by atoms with E-state index in [1.54, 1.807) is 11.3 Å². The number of thiophene rings is 1. The van der Waals surface area contributed by atoms with Crippen LogP contribution in [0.3, 0.4) is 0 Å². The highest BCUT2D eigenvalue weighted by atomic mass is 32.1. The van der Waals surface area contributed by atoms with E-state index in [1.807, 2.05) is 29.3 Å². The maximum atomic E-state index is 12.6. The standard InChI is InChI=1S/C14H17N3OS2/c1-9-12(14(18)17-5-4-10(7-15)8-17)20-13(16-9)11-3-2-6-19-11/h2-3,6,10H,4-5,7-8,15H2,1H3. The first-order valence-corrected chi connectivity index (χ1v) is 8.39. The van der Waals surface area contributed by atoms with Crippen molar-refractivity contribution in [2.24, 2.45) is 11.7 Å². The third-order valence-electron chi connectivity index (χ3n) is 3.63. The van der Waals surface area contributed by atoms with Crippen molar-refractivity contribution in [1.29, 1.82) is 0 Å². The number of aromatic nitrogens is 1. The van der Waals surface area contributed by atoms with E-state index < -0.39 is 0 Å². The van der Waals surface area contributed by atoms with Gasteiger partial charge in [0.15, 0.2) is 0 Å². The molecule has 4 nitrogen and oxygen atoms in total. The Hall–Kier alpha value is -1.24. The molecule has 0 spiro atoms. The smallest absolute Gasteiger partial charge is 0.265 e. The zero-order chi connectivity index (χ0) is 14.1. The van der Waals surface area contributed by atoms with Crippen molar-refractivity contribution in [2.75, 3.05) is 19.6 Å². The van der Waals surface area contributed by atoms with E-state index in [4.69, 9.17) is 5.73 Å². The first kappa shape index (κ1) is 13.7. The van der Waals surface area contributed by atoms with Crippen molar-refractivity contribution in [3.8, 4) is 9.88 Å². The van der Waals surface area contributed by atoms with E-state index >= 15 is 0 Å². The molecule has 3 rings (SSSR count). The molecule has 0 radical (unpaired) electrons. The SMILES string of the molecule is Cc1nc(-c2cccs2)sc1C(=O)N1CCC(CN)C1. The summed E-state index contributed by atoms with van der Waals surface area (Å²) in [5.74, 6) is 0.558. The molecule has 1 unspecified atom stereocenters. The van der Waals surface area contributed by atoms with Gasteiger partial charge in [-0.1, -0.05) is 6.07 Å². The molecule has 0 aliphatic carbocycles. The molecule has 1 amide bonds. The number of nitrogens with two attached hydrogens (primary N) is 1. The van der Waals surface area contributed by atoms with Crippen LogP contribution in [0, 0.1) is 12.8 Å². The summed E-state index contributed by atoms with van der Waals surface area (Å²) in [6, 6.07) is 4.04. The molecule has 2 aromatic heterocycles. The fourth-order valence-corrected chi connectivity index (χ4v) is 4.28. The Labute approximate surface area is 126 Å². The van der Waals surface area contributed by atoms with Gasteiger partial charge in [-0.2, -0.15) is 0 Å². The number of aryl methyl sites for hydroxylation is 1. The Morgan fingerprint density at radius 1 is 1.60 bits per heavy atom. The first-order chi connectivity index (χ1) is 9.69. The predicted octanol–water partition coefficient (Wildman–Crippen LogP) is 2.60. The third-order valence-corrected chi connectivity index (χ3v) is 5.81. The normalized spacial score (nSPS) is 18.7. The third kappa shape index (κ3) is 2.51. The second-order valence-corrected chi connectivity index (χ2v) is 7.00. The van der Waals surface area contributed by atoms with Gasteiger partial charge in [0.1, 0.15) is 9.88 Å². The van der Waals surface area contributed by atoms with E-state index in [9.17, 15) is 4.79 Å². The number of thiazole rings is 1. The second-order valence-electron chi connectivity index (χ2n) is 5.05. The molecule has 1 atom stereocenters. The van der Waals surface area contributed by atoms with E-state index in [1.165, 1.54) is 11.3 Å². The van der Waals surface area contributed by atoms with Gasteiger partial charge in [0.25, 0.3) is 5.91 Å². The highest BCUT2D eigenvalue weighted by molar-refractivity contribution is 7.22. The lowest BCUT2D eigenvalue weighted by Crippen LogP contribution is -2.29. The number of amides is 1.